The second-order valence-electron chi connectivity index (χ2n) is 7.07. The topological polar surface area (TPSA) is 32.8 Å². The summed E-state index contributed by atoms with van der Waals surface area (Å²) < 4.78 is 28.9. The second-order valence-corrected chi connectivity index (χ2v) is 7.07. The van der Waals surface area contributed by atoms with Gasteiger partial charge < -0.3 is 9.64 Å². The van der Waals surface area contributed by atoms with Crippen molar-refractivity contribution in [3.63, 3.8) is 0 Å². The van der Waals surface area contributed by atoms with E-state index in [1.807, 2.05) is 29.2 Å². The Hall–Kier alpha value is -2.47. The first-order chi connectivity index (χ1) is 13.1. The van der Waals surface area contributed by atoms with Crippen LogP contribution in [0.25, 0.3) is 11.1 Å². The summed E-state index contributed by atoms with van der Waals surface area (Å²) in [5.74, 6) is 0.177. The third kappa shape index (κ3) is 3.95. The van der Waals surface area contributed by atoms with Gasteiger partial charge in [-0.15, -0.1) is 0 Å². The first-order valence-electron chi connectivity index (χ1n) is 9.29. The molecule has 142 valence electrons. The molecule has 2 saturated heterocycles. The molecule has 0 spiro atoms. The van der Waals surface area contributed by atoms with Gasteiger partial charge in [-0.2, -0.15) is 8.78 Å². The van der Waals surface area contributed by atoms with Crippen molar-refractivity contribution in [2.75, 3.05) is 26.2 Å². The number of piperazine rings is 1. The summed E-state index contributed by atoms with van der Waals surface area (Å²) in [7, 11) is 0. The van der Waals surface area contributed by atoms with E-state index in [-0.39, 0.29) is 11.7 Å². The zero-order valence-corrected chi connectivity index (χ0v) is 15.0. The SMILES string of the molecule is O=C(c1cccc(-c2ccc(OC(F)F)cc2)c1)N1CCN2CCC[C@H]2C1. The smallest absolute Gasteiger partial charge is 0.387 e. The number of alkyl halides is 2. The van der Waals surface area contributed by atoms with Gasteiger partial charge in [-0.25, -0.2) is 0 Å². The van der Waals surface area contributed by atoms with E-state index in [0.29, 0.717) is 11.6 Å². The normalized spacial score (nSPS) is 20.0. The van der Waals surface area contributed by atoms with Gasteiger partial charge in [0.2, 0.25) is 0 Å². The lowest BCUT2D eigenvalue weighted by atomic mass is 10.0. The molecule has 2 aromatic rings. The maximum absolute atomic E-state index is 13.0. The molecule has 2 heterocycles. The van der Waals surface area contributed by atoms with Gasteiger partial charge >= 0.3 is 6.61 Å². The summed E-state index contributed by atoms with van der Waals surface area (Å²) in [5.41, 5.74) is 2.39. The Bertz CT molecular complexity index is 810. The van der Waals surface area contributed by atoms with Gasteiger partial charge in [0.25, 0.3) is 5.91 Å². The van der Waals surface area contributed by atoms with Crippen LogP contribution in [-0.4, -0.2) is 54.5 Å². The molecule has 0 aromatic heterocycles. The van der Waals surface area contributed by atoms with E-state index in [1.54, 1.807) is 12.1 Å². The molecule has 1 atom stereocenters. The van der Waals surface area contributed by atoms with E-state index in [4.69, 9.17) is 0 Å². The summed E-state index contributed by atoms with van der Waals surface area (Å²) in [6.45, 7) is 0.814. The molecule has 0 radical (unpaired) electrons. The van der Waals surface area contributed by atoms with Crippen molar-refractivity contribution in [1.29, 1.82) is 0 Å². The highest BCUT2D eigenvalue weighted by Crippen LogP contribution is 2.26. The molecule has 4 rings (SSSR count). The maximum atomic E-state index is 13.0. The van der Waals surface area contributed by atoms with Crippen LogP contribution in [0.5, 0.6) is 5.75 Å². The fourth-order valence-electron chi connectivity index (χ4n) is 4.02. The number of amides is 1. The summed E-state index contributed by atoms with van der Waals surface area (Å²) >= 11 is 0. The van der Waals surface area contributed by atoms with E-state index in [9.17, 15) is 13.6 Å². The number of carbonyl (C=O) groups is 1. The number of hydrogen-bond donors (Lipinski definition) is 0. The summed E-state index contributed by atoms with van der Waals surface area (Å²) in [6, 6.07) is 14.4. The minimum atomic E-state index is -2.84. The third-order valence-electron chi connectivity index (χ3n) is 5.40. The number of fused-ring (bicyclic) bond motifs is 1. The van der Waals surface area contributed by atoms with Crippen molar-refractivity contribution >= 4 is 5.91 Å². The Morgan fingerprint density at radius 2 is 1.85 bits per heavy atom. The van der Waals surface area contributed by atoms with E-state index >= 15 is 0 Å². The molecule has 0 bridgehead atoms. The van der Waals surface area contributed by atoms with Crippen molar-refractivity contribution in [3.8, 4) is 16.9 Å². The predicted octanol–water partition coefficient (Wildman–Crippen LogP) is 3.88. The Morgan fingerprint density at radius 1 is 1.04 bits per heavy atom. The monoisotopic (exact) mass is 372 g/mol. The predicted molar refractivity (Wildman–Crippen MR) is 99.0 cm³/mol. The van der Waals surface area contributed by atoms with Crippen LogP contribution in [0.3, 0.4) is 0 Å². The summed E-state index contributed by atoms with van der Waals surface area (Å²) in [6.07, 6.45) is 2.38. The Morgan fingerprint density at radius 3 is 2.63 bits per heavy atom. The van der Waals surface area contributed by atoms with Gasteiger partial charge in [-0.3, -0.25) is 9.69 Å². The number of benzene rings is 2. The highest BCUT2D eigenvalue weighted by molar-refractivity contribution is 5.95. The highest BCUT2D eigenvalue weighted by Gasteiger charge is 2.32. The third-order valence-corrected chi connectivity index (χ3v) is 5.40. The number of nitrogens with zero attached hydrogens (tertiary/aromatic N) is 2. The first-order valence-corrected chi connectivity index (χ1v) is 9.29. The Labute approximate surface area is 157 Å². The quantitative estimate of drug-likeness (QED) is 0.817. The molecular formula is C21H22F2N2O2. The van der Waals surface area contributed by atoms with Crippen LogP contribution >= 0.6 is 0 Å². The number of hydrogen-bond acceptors (Lipinski definition) is 3. The van der Waals surface area contributed by atoms with Crippen LogP contribution in [0.1, 0.15) is 23.2 Å². The van der Waals surface area contributed by atoms with Crippen molar-refractivity contribution in [3.05, 3.63) is 54.1 Å². The first kappa shape index (κ1) is 17.9. The molecule has 2 aromatic carbocycles. The molecule has 1 amide bonds. The zero-order valence-electron chi connectivity index (χ0n) is 15.0. The Kier molecular flexibility index (Phi) is 5.07. The molecule has 6 heteroatoms. The number of halogens is 2. The standard InChI is InChI=1S/C21H22F2N2O2/c22-21(23)27-19-8-6-15(7-9-19)16-3-1-4-17(13-16)20(26)25-12-11-24-10-2-5-18(24)14-25/h1,3-4,6-9,13,18,21H,2,5,10-12,14H2/t18-/m0/s1. The van der Waals surface area contributed by atoms with E-state index in [0.717, 1.165) is 43.7 Å². The fourth-order valence-corrected chi connectivity index (χ4v) is 4.02. The summed E-state index contributed by atoms with van der Waals surface area (Å²) in [5, 5.41) is 0. The van der Waals surface area contributed by atoms with Crippen molar-refractivity contribution in [2.45, 2.75) is 25.5 Å². The maximum Gasteiger partial charge on any atom is 0.387 e. The van der Waals surface area contributed by atoms with Gasteiger partial charge in [0.05, 0.1) is 0 Å². The second kappa shape index (κ2) is 7.64. The van der Waals surface area contributed by atoms with Crippen LogP contribution in [0.2, 0.25) is 0 Å². The number of carbonyl (C=O) groups excluding carboxylic acids is 1. The lowest BCUT2D eigenvalue weighted by molar-refractivity contribution is -0.0498. The molecule has 0 unspecified atom stereocenters. The van der Waals surface area contributed by atoms with E-state index in [2.05, 4.69) is 9.64 Å². The van der Waals surface area contributed by atoms with E-state index < -0.39 is 6.61 Å². The zero-order chi connectivity index (χ0) is 18.8. The lowest BCUT2D eigenvalue weighted by Crippen LogP contribution is -2.52. The fraction of sp³-hybridized carbons (Fsp3) is 0.381. The van der Waals surface area contributed by atoms with Gasteiger partial charge in [0.1, 0.15) is 5.75 Å². The largest absolute Gasteiger partial charge is 0.435 e. The number of ether oxygens (including phenoxy) is 1. The summed E-state index contributed by atoms with van der Waals surface area (Å²) in [4.78, 5) is 17.4. The average Bonchev–Trinajstić information content (AvgIpc) is 3.15. The van der Waals surface area contributed by atoms with Crippen molar-refractivity contribution in [2.24, 2.45) is 0 Å². The number of rotatable bonds is 4. The molecule has 2 aliphatic heterocycles. The van der Waals surface area contributed by atoms with Crippen LogP contribution in [-0.2, 0) is 0 Å². The van der Waals surface area contributed by atoms with Crippen molar-refractivity contribution in [1.82, 2.24) is 9.80 Å². The molecular weight excluding hydrogens is 350 g/mol. The molecule has 4 nitrogen and oxygen atoms in total. The molecule has 0 N–H and O–H groups in total. The lowest BCUT2D eigenvalue weighted by Gasteiger charge is -2.37. The minimum absolute atomic E-state index is 0.0565. The highest BCUT2D eigenvalue weighted by atomic mass is 19.3. The molecule has 27 heavy (non-hydrogen) atoms. The van der Waals surface area contributed by atoms with Crippen LogP contribution in [0.4, 0.5) is 8.78 Å². The van der Waals surface area contributed by atoms with Gasteiger partial charge in [0.15, 0.2) is 0 Å². The van der Waals surface area contributed by atoms with Gasteiger partial charge in [-0.05, 0) is 54.8 Å². The van der Waals surface area contributed by atoms with Crippen LogP contribution < -0.4 is 4.74 Å². The molecule has 2 fully saturated rings. The molecule has 0 saturated carbocycles. The van der Waals surface area contributed by atoms with Gasteiger partial charge in [-0.1, -0.05) is 24.3 Å². The average molecular weight is 372 g/mol. The molecule has 2 aliphatic rings. The molecule has 0 aliphatic carbocycles. The van der Waals surface area contributed by atoms with E-state index in [1.165, 1.54) is 18.6 Å². The van der Waals surface area contributed by atoms with Crippen molar-refractivity contribution < 1.29 is 18.3 Å². The van der Waals surface area contributed by atoms with Crippen LogP contribution in [0.15, 0.2) is 48.5 Å². The van der Waals surface area contributed by atoms with Crippen LogP contribution in [0, 0.1) is 0 Å². The minimum Gasteiger partial charge on any atom is -0.435 e. The Balaban J connectivity index is 1.49. The van der Waals surface area contributed by atoms with Gasteiger partial charge in [0, 0.05) is 31.2 Å².